The Morgan fingerprint density at radius 3 is 2.54 bits per heavy atom. The zero-order chi connectivity index (χ0) is 18.0. The van der Waals surface area contributed by atoms with Gasteiger partial charge in [0.25, 0.3) is 0 Å². The molecule has 4 rings (SSSR count). The van der Waals surface area contributed by atoms with Crippen LogP contribution in [-0.4, -0.2) is 33.9 Å². The average molecular weight is 349 g/mol. The van der Waals surface area contributed by atoms with E-state index in [1.54, 1.807) is 0 Å². The zero-order valence-corrected chi connectivity index (χ0v) is 14.9. The Labute approximate surface area is 153 Å². The molecule has 0 bridgehead atoms. The molecule has 1 aliphatic rings. The van der Waals surface area contributed by atoms with Crippen molar-refractivity contribution in [2.24, 2.45) is 5.92 Å². The maximum atomic E-state index is 10.9. The normalized spacial score (nSPS) is 23.2. The van der Waals surface area contributed by atoms with E-state index in [2.05, 4.69) is 27.2 Å². The van der Waals surface area contributed by atoms with Crippen LogP contribution in [0.1, 0.15) is 18.9 Å². The molecule has 0 aliphatic carbocycles. The van der Waals surface area contributed by atoms with Gasteiger partial charge in [-0.2, -0.15) is 4.98 Å². The second kappa shape index (κ2) is 6.92. The monoisotopic (exact) mass is 349 g/mol. The van der Waals surface area contributed by atoms with Gasteiger partial charge in [-0.25, -0.2) is 0 Å². The minimum atomic E-state index is -0.700. The van der Waals surface area contributed by atoms with Gasteiger partial charge in [0.1, 0.15) is 0 Å². The van der Waals surface area contributed by atoms with Gasteiger partial charge in [0, 0.05) is 24.6 Å². The minimum Gasteiger partial charge on any atom is -0.390 e. The molecule has 1 N–H and O–H groups in total. The number of anilines is 1. The number of nitrogens with zero attached hydrogens (tertiary/aromatic N) is 3. The molecule has 0 amide bonds. The number of hydrogen-bond donors (Lipinski definition) is 1. The summed E-state index contributed by atoms with van der Waals surface area (Å²) >= 11 is 0. The molecule has 2 aromatic carbocycles. The Hall–Kier alpha value is -2.66. The number of piperidine rings is 1. The summed E-state index contributed by atoms with van der Waals surface area (Å²) < 4.78 is 5.51. The highest BCUT2D eigenvalue weighted by Gasteiger charge is 2.39. The zero-order valence-electron chi connectivity index (χ0n) is 14.9. The first-order valence-electron chi connectivity index (χ1n) is 9.02. The van der Waals surface area contributed by atoms with Crippen LogP contribution in [0.3, 0.4) is 0 Å². The number of hydrogen-bond acceptors (Lipinski definition) is 5. The van der Waals surface area contributed by atoms with Gasteiger partial charge in [-0.05, 0) is 25.3 Å². The molecule has 1 aliphatic heterocycles. The number of benzene rings is 2. The van der Waals surface area contributed by atoms with E-state index in [1.807, 2.05) is 55.5 Å². The van der Waals surface area contributed by atoms with Gasteiger partial charge in [-0.3, -0.25) is 0 Å². The highest BCUT2D eigenvalue weighted by Crippen LogP contribution is 2.33. The van der Waals surface area contributed by atoms with Gasteiger partial charge in [-0.15, -0.1) is 0 Å². The molecule has 0 spiro atoms. The van der Waals surface area contributed by atoms with Crippen molar-refractivity contribution in [1.29, 1.82) is 0 Å². The highest BCUT2D eigenvalue weighted by atomic mass is 16.5. The lowest BCUT2D eigenvalue weighted by Crippen LogP contribution is -2.51. The summed E-state index contributed by atoms with van der Waals surface area (Å²) in [5.74, 6) is 0.697. The molecule has 1 saturated heterocycles. The van der Waals surface area contributed by atoms with Crippen LogP contribution in [0.4, 0.5) is 6.01 Å². The van der Waals surface area contributed by atoms with Crippen molar-refractivity contribution in [2.45, 2.75) is 25.4 Å². The smallest absolute Gasteiger partial charge is 0.324 e. The first kappa shape index (κ1) is 16.8. The van der Waals surface area contributed by atoms with Crippen molar-refractivity contribution in [1.82, 2.24) is 10.1 Å². The number of aromatic nitrogens is 2. The van der Waals surface area contributed by atoms with E-state index in [0.29, 0.717) is 31.3 Å². The topological polar surface area (TPSA) is 62.4 Å². The molecule has 3 aromatic rings. The van der Waals surface area contributed by atoms with Crippen molar-refractivity contribution in [3.63, 3.8) is 0 Å². The third-order valence-corrected chi connectivity index (χ3v) is 5.25. The lowest BCUT2D eigenvalue weighted by Gasteiger charge is -2.42. The summed E-state index contributed by atoms with van der Waals surface area (Å²) in [7, 11) is 0. The van der Waals surface area contributed by atoms with E-state index in [-0.39, 0.29) is 5.92 Å². The Kier molecular flexibility index (Phi) is 4.47. The Morgan fingerprint density at radius 2 is 1.81 bits per heavy atom. The first-order chi connectivity index (χ1) is 12.6. The number of rotatable bonds is 4. The van der Waals surface area contributed by atoms with E-state index < -0.39 is 5.60 Å². The summed E-state index contributed by atoms with van der Waals surface area (Å²) in [5, 5.41) is 15.0. The van der Waals surface area contributed by atoms with Crippen LogP contribution in [0.15, 0.2) is 65.2 Å². The molecular formula is C21H23N3O2. The number of aliphatic hydroxyl groups is 1. The second-order valence-electron chi connectivity index (χ2n) is 7.21. The van der Waals surface area contributed by atoms with E-state index in [0.717, 1.165) is 12.0 Å². The molecule has 5 heteroatoms. The molecule has 1 aromatic heterocycles. The second-order valence-corrected chi connectivity index (χ2v) is 7.21. The third-order valence-electron chi connectivity index (χ3n) is 5.25. The van der Waals surface area contributed by atoms with Crippen LogP contribution in [-0.2, 0) is 6.42 Å². The standard InChI is InChI=1S/C21H23N3O2/c1-21(25)12-13-24(15-18(21)14-16-8-4-2-5-9-16)20-22-19(23-26-20)17-10-6-3-7-11-17/h2-11,18,25H,12-15H2,1H3/t18-,21+/m1/s1. The van der Waals surface area contributed by atoms with Crippen molar-refractivity contribution < 1.29 is 9.63 Å². The van der Waals surface area contributed by atoms with E-state index in [9.17, 15) is 5.11 Å². The lowest BCUT2D eigenvalue weighted by molar-refractivity contribution is -0.0176. The van der Waals surface area contributed by atoms with Gasteiger partial charge in [0.15, 0.2) is 0 Å². The van der Waals surface area contributed by atoms with E-state index in [1.165, 1.54) is 5.56 Å². The molecule has 5 nitrogen and oxygen atoms in total. The largest absolute Gasteiger partial charge is 0.390 e. The van der Waals surface area contributed by atoms with Gasteiger partial charge >= 0.3 is 6.01 Å². The third kappa shape index (κ3) is 3.48. The summed E-state index contributed by atoms with van der Waals surface area (Å²) in [6.07, 6.45) is 1.50. The molecule has 2 atom stereocenters. The summed E-state index contributed by atoms with van der Waals surface area (Å²) in [5.41, 5.74) is 1.47. The fourth-order valence-electron chi connectivity index (χ4n) is 3.52. The van der Waals surface area contributed by atoms with Crippen molar-refractivity contribution in [3.8, 4) is 11.4 Å². The summed E-state index contributed by atoms with van der Waals surface area (Å²) in [6.45, 7) is 3.33. The van der Waals surface area contributed by atoms with Crippen LogP contribution in [0.25, 0.3) is 11.4 Å². The van der Waals surface area contributed by atoms with Crippen LogP contribution in [0.5, 0.6) is 0 Å². The summed E-state index contributed by atoms with van der Waals surface area (Å²) in [4.78, 5) is 6.65. The molecule has 2 heterocycles. The Morgan fingerprint density at radius 1 is 1.12 bits per heavy atom. The van der Waals surface area contributed by atoms with E-state index in [4.69, 9.17) is 4.52 Å². The quantitative estimate of drug-likeness (QED) is 0.780. The SMILES string of the molecule is C[C@]1(O)CCN(c2nc(-c3ccccc3)no2)C[C@H]1Cc1ccccc1. The first-order valence-corrected chi connectivity index (χ1v) is 9.02. The van der Waals surface area contributed by atoms with E-state index >= 15 is 0 Å². The maximum Gasteiger partial charge on any atom is 0.324 e. The molecular weight excluding hydrogens is 326 g/mol. The van der Waals surface area contributed by atoms with Gasteiger partial charge in [0.05, 0.1) is 5.60 Å². The molecule has 0 saturated carbocycles. The Bertz CT molecular complexity index is 846. The van der Waals surface area contributed by atoms with Crippen molar-refractivity contribution in [3.05, 3.63) is 66.2 Å². The maximum absolute atomic E-state index is 10.9. The van der Waals surface area contributed by atoms with Crippen LogP contribution in [0, 0.1) is 5.92 Å². The molecule has 0 radical (unpaired) electrons. The molecule has 134 valence electrons. The fourth-order valence-corrected chi connectivity index (χ4v) is 3.52. The molecule has 0 unspecified atom stereocenters. The minimum absolute atomic E-state index is 0.103. The average Bonchev–Trinajstić information content (AvgIpc) is 3.15. The molecule has 1 fully saturated rings. The van der Waals surface area contributed by atoms with Crippen LogP contribution in [0.2, 0.25) is 0 Å². The van der Waals surface area contributed by atoms with Crippen LogP contribution < -0.4 is 4.90 Å². The molecule has 26 heavy (non-hydrogen) atoms. The van der Waals surface area contributed by atoms with Crippen molar-refractivity contribution >= 4 is 6.01 Å². The highest BCUT2D eigenvalue weighted by molar-refractivity contribution is 5.55. The van der Waals surface area contributed by atoms with Crippen LogP contribution >= 0.6 is 0 Å². The predicted octanol–water partition coefficient (Wildman–Crippen LogP) is 3.56. The van der Waals surface area contributed by atoms with Crippen molar-refractivity contribution in [2.75, 3.05) is 18.0 Å². The Balaban J connectivity index is 1.52. The predicted molar refractivity (Wildman–Crippen MR) is 101 cm³/mol. The van der Waals surface area contributed by atoms with Gasteiger partial charge in [0.2, 0.25) is 5.82 Å². The van der Waals surface area contributed by atoms with Gasteiger partial charge < -0.3 is 14.5 Å². The fraction of sp³-hybridized carbons (Fsp3) is 0.333. The summed E-state index contributed by atoms with van der Waals surface area (Å²) in [6, 6.07) is 20.6. The van der Waals surface area contributed by atoms with Gasteiger partial charge in [-0.1, -0.05) is 65.8 Å². The lowest BCUT2D eigenvalue weighted by atomic mass is 9.79.